The second-order valence-corrected chi connectivity index (χ2v) is 8.35. The molecule has 28 heavy (non-hydrogen) atoms. The number of hydrogen-bond acceptors (Lipinski definition) is 5. The van der Waals surface area contributed by atoms with Gasteiger partial charge in [-0.05, 0) is 44.0 Å². The largest absolute Gasteiger partial charge is 0.492 e. The van der Waals surface area contributed by atoms with E-state index in [1.165, 1.54) is 12.1 Å². The number of carboxylic acids is 1. The van der Waals surface area contributed by atoms with Crippen molar-refractivity contribution in [2.75, 3.05) is 11.3 Å². The van der Waals surface area contributed by atoms with Gasteiger partial charge in [0.25, 0.3) is 10.0 Å². The van der Waals surface area contributed by atoms with Crippen LogP contribution >= 0.6 is 0 Å². The third-order valence-electron chi connectivity index (χ3n) is 4.40. The fourth-order valence-corrected chi connectivity index (χ4v) is 4.15. The lowest BCUT2D eigenvalue weighted by Crippen LogP contribution is -2.14. The summed E-state index contributed by atoms with van der Waals surface area (Å²) < 4.78 is 39.5. The Bertz CT molecular complexity index is 969. The minimum Gasteiger partial charge on any atom is -0.492 e. The molecule has 7 nitrogen and oxygen atoms in total. The summed E-state index contributed by atoms with van der Waals surface area (Å²) in [5, 5.41) is 8.75. The van der Waals surface area contributed by atoms with Crippen LogP contribution in [0.2, 0.25) is 0 Å². The van der Waals surface area contributed by atoms with E-state index >= 15 is 0 Å². The number of aliphatic carboxylic acids is 1. The van der Waals surface area contributed by atoms with E-state index in [-0.39, 0.29) is 17.4 Å². The van der Waals surface area contributed by atoms with Crippen molar-refractivity contribution < 1.29 is 27.8 Å². The van der Waals surface area contributed by atoms with Crippen molar-refractivity contribution in [2.24, 2.45) is 0 Å². The Morgan fingerprint density at radius 1 is 1.29 bits per heavy atom. The van der Waals surface area contributed by atoms with Crippen LogP contribution in [0.4, 0.5) is 5.69 Å². The maximum Gasteiger partial charge on any atom is 0.303 e. The molecule has 2 aromatic rings. The summed E-state index contributed by atoms with van der Waals surface area (Å²) in [6.45, 7) is 4.19. The quantitative estimate of drug-likeness (QED) is 0.699. The molecule has 3 rings (SSSR count). The van der Waals surface area contributed by atoms with E-state index in [0.717, 1.165) is 17.5 Å². The molecular formula is C20H23NO6S. The second kappa shape index (κ2) is 8.10. The van der Waals surface area contributed by atoms with Crippen LogP contribution in [0.1, 0.15) is 31.4 Å². The molecule has 0 aliphatic carbocycles. The SMILES string of the molecule is CCOc1cc2c(cc1NS(=O)(=O)c1ccc(CCC(=O)O)cc1)OC(C)C2. The Hall–Kier alpha value is -2.74. The Morgan fingerprint density at radius 3 is 2.64 bits per heavy atom. The first-order valence-electron chi connectivity index (χ1n) is 9.08. The van der Waals surface area contributed by atoms with Gasteiger partial charge in [-0.1, -0.05) is 12.1 Å². The van der Waals surface area contributed by atoms with Crippen LogP contribution in [-0.2, 0) is 27.7 Å². The Labute approximate surface area is 164 Å². The number of nitrogens with one attached hydrogen (secondary N) is 1. The first-order valence-corrected chi connectivity index (χ1v) is 10.6. The summed E-state index contributed by atoms with van der Waals surface area (Å²) >= 11 is 0. The molecular weight excluding hydrogens is 382 g/mol. The van der Waals surface area contributed by atoms with Crippen LogP contribution in [0.15, 0.2) is 41.3 Å². The zero-order valence-corrected chi connectivity index (χ0v) is 16.6. The third kappa shape index (κ3) is 4.56. The second-order valence-electron chi connectivity index (χ2n) is 6.66. The topological polar surface area (TPSA) is 102 Å². The molecule has 0 spiro atoms. The number of hydrogen-bond donors (Lipinski definition) is 2. The van der Waals surface area contributed by atoms with Crippen LogP contribution in [0.25, 0.3) is 0 Å². The number of carboxylic acid groups (broad SMARTS) is 1. The zero-order chi connectivity index (χ0) is 20.3. The van der Waals surface area contributed by atoms with Crippen LogP contribution in [-0.4, -0.2) is 32.2 Å². The van der Waals surface area contributed by atoms with Crippen molar-refractivity contribution in [1.29, 1.82) is 0 Å². The number of aryl methyl sites for hydroxylation is 1. The van der Waals surface area contributed by atoms with Crippen LogP contribution in [0.3, 0.4) is 0 Å². The third-order valence-corrected chi connectivity index (χ3v) is 5.78. The first kappa shape index (κ1) is 20.0. The van der Waals surface area contributed by atoms with E-state index < -0.39 is 16.0 Å². The number of ether oxygens (including phenoxy) is 2. The monoisotopic (exact) mass is 405 g/mol. The molecule has 2 aromatic carbocycles. The number of sulfonamides is 1. The van der Waals surface area contributed by atoms with E-state index in [1.54, 1.807) is 18.2 Å². The van der Waals surface area contributed by atoms with Gasteiger partial charge in [0.15, 0.2) is 0 Å². The number of anilines is 1. The number of carbonyl (C=O) groups is 1. The highest BCUT2D eigenvalue weighted by Gasteiger charge is 2.24. The molecule has 2 N–H and O–H groups in total. The maximum absolute atomic E-state index is 12.8. The molecule has 150 valence electrons. The maximum atomic E-state index is 12.8. The molecule has 0 radical (unpaired) electrons. The van der Waals surface area contributed by atoms with Crippen molar-refractivity contribution in [2.45, 2.75) is 44.1 Å². The lowest BCUT2D eigenvalue weighted by Gasteiger charge is -2.15. The molecule has 0 saturated carbocycles. The van der Waals surface area contributed by atoms with Gasteiger partial charge in [-0.2, -0.15) is 0 Å². The molecule has 1 aliphatic rings. The van der Waals surface area contributed by atoms with Gasteiger partial charge in [0.1, 0.15) is 17.6 Å². The van der Waals surface area contributed by atoms with Crippen LogP contribution in [0.5, 0.6) is 11.5 Å². The molecule has 1 atom stereocenters. The lowest BCUT2D eigenvalue weighted by atomic mass is 10.1. The zero-order valence-electron chi connectivity index (χ0n) is 15.8. The van der Waals surface area contributed by atoms with E-state index in [4.69, 9.17) is 14.6 Å². The van der Waals surface area contributed by atoms with Crippen molar-refractivity contribution in [3.8, 4) is 11.5 Å². The molecule has 0 amide bonds. The lowest BCUT2D eigenvalue weighted by molar-refractivity contribution is -0.136. The van der Waals surface area contributed by atoms with Gasteiger partial charge in [0.2, 0.25) is 0 Å². The normalized spacial score (nSPS) is 15.6. The molecule has 0 fully saturated rings. The van der Waals surface area contributed by atoms with Crippen molar-refractivity contribution >= 4 is 21.7 Å². The van der Waals surface area contributed by atoms with Crippen molar-refractivity contribution in [3.63, 3.8) is 0 Å². The van der Waals surface area contributed by atoms with E-state index in [0.29, 0.717) is 30.2 Å². The highest BCUT2D eigenvalue weighted by atomic mass is 32.2. The summed E-state index contributed by atoms with van der Waals surface area (Å²) in [7, 11) is -3.84. The minimum absolute atomic E-state index is 0.00435. The summed E-state index contributed by atoms with van der Waals surface area (Å²) in [6, 6.07) is 9.64. The predicted molar refractivity (Wildman–Crippen MR) is 105 cm³/mol. The standard InChI is InChI=1S/C20H23NO6S/c1-3-26-19-11-15-10-13(2)27-18(15)12-17(19)21-28(24,25)16-7-4-14(5-8-16)6-9-20(22)23/h4-5,7-8,11-13,21H,3,6,9-10H2,1-2H3,(H,22,23). The number of rotatable bonds is 8. The summed E-state index contributed by atoms with van der Waals surface area (Å²) in [5.41, 5.74) is 2.07. The van der Waals surface area contributed by atoms with E-state index in [1.807, 2.05) is 19.9 Å². The highest BCUT2D eigenvalue weighted by molar-refractivity contribution is 7.92. The number of fused-ring (bicyclic) bond motifs is 1. The first-order chi connectivity index (χ1) is 13.3. The van der Waals surface area contributed by atoms with Crippen molar-refractivity contribution in [3.05, 3.63) is 47.5 Å². The molecule has 0 saturated heterocycles. The van der Waals surface area contributed by atoms with Crippen LogP contribution in [0, 0.1) is 0 Å². The van der Waals surface area contributed by atoms with Gasteiger partial charge < -0.3 is 14.6 Å². The molecule has 0 aromatic heterocycles. The molecule has 8 heteroatoms. The average molecular weight is 405 g/mol. The van der Waals surface area contributed by atoms with Gasteiger partial charge in [-0.15, -0.1) is 0 Å². The summed E-state index contributed by atoms with van der Waals surface area (Å²) in [5.74, 6) is 0.216. The predicted octanol–water partition coefficient (Wildman–Crippen LogP) is 3.23. The average Bonchev–Trinajstić information content (AvgIpc) is 2.99. The van der Waals surface area contributed by atoms with E-state index in [9.17, 15) is 13.2 Å². The van der Waals surface area contributed by atoms with Gasteiger partial charge in [0.05, 0.1) is 17.2 Å². The fourth-order valence-electron chi connectivity index (χ4n) is 3.08. The van der Waals surface area contributed by atoms with Gasteiger partial charge in [-0.3, -0.25) is 9.52 Å². The Balaban J connectivity index is 1.84. The van der Waals surface area contributed by atoms with E-state index in [2.05, 4.69) is 4.72 Å². The Morgan fingerprint density at radius 2 is 2.00 bits per heavy atom. The summed E-state index contributed by atoms with van der Waals surface area (Å²) in [6.07, 6.45) is 1.13. The molecule has 1 heterocycles. The fraction of sp³-hybridized carbons (Fsp3) is 0.350. The number of benzene rings is 2. The minimum atomic E-state index is -3.84. The molecule has 1 unspecified atom stereocenters. The van der Waals surface area contributed by atoms with Gasteiger partial charge in [0, 0.05) is 24.5 Å². The molecule has 1 aliphatic heterocycles. The van der Waals surface area contributed by atoms with Gasteiger partial charge in [-0.25, -0.2) is 8.42 Å². The van der Waals surface area contributed by atoms with Gasteiger partial charge >= 0.3 is 5.97 Å². The highest BCUT2D eigenvalue weighted by Crippen LogP contribution is 2.38. The van der Waals surface area contributed by atoms with Crippen LogP contribution < -0.4 is 14.2 Å². The smallest absolute Gasteiger partial charge is 0.303 e. The van der Waals surface area contributed by atoms with Crippen molar-refractivity contribution in [1.82, 2.24) is 0 Å². The molecule has 0 bridgehead atoms. The summed E-state index contributed by atoms with van der Waals surface area (Å²) in [4.78, 5) is 10.7. The Kier molecular flexibility index (Phi) is 5.79.